The number of likely N-dealkylation sites (tertiary alicyclic amines) is 1. The minimum atomic E-state index is -4.05. The maximum atomic E-state index is 12.7. The quantitative estimate of drug-likeness (QED) is 0.216. The molecule has 7 nitrogen and oxygen atoms in total. The molecule has 0 spiro atoms. The largest absolute Gasteiger partial charge is 0.493 e. The molecule has 0 aliphatic carbocycles. The molecule has 3 rings (SSSR count). The molecule has 30 heavy (non-hydrogen) atoms. The zero-order valence-electron chi connectivity index (χ0n) is 16.8. The maximum Gasteiger partial charge on any atom is 0.340 e. The standard InChI is InChI=1S/C21H26ClN3O4S/c1-2-16-11-18(28-14-17-7-9-25(10-8-17)15-24-23)13-19(12-16)29-30(26,27)21-6-4-3-5-20(21)22/h3-6,11-13,15,17H,2,7-10,14,23H2,1H3. The average Bonchev–Trinajstić information content (AvgIpc) is 2.73. The fourth-order valence-electron chi connectivity index (χ4n) is 3.33. The van der Waals surface area contributed by atoms with E-state index in [1.807, 2.05) is 13.0 Å². The van der Waals surface area contributed by atoms with Gasteiger partial charge < -0.3 is 19.7 Å². The Bertz CT molecular complexity index is 989. The van der Waals surface area contributed by atoms with Crippen LogP contribution in [0.15, 0.2) is 52.5 Å². The number of piperidine rings is 1. The van der Waals surface area contributed by atoms with E-state index in [1.54, 1.807) is 30.6 Å². The van der Waals surface area contributed by atoms with Crippen LogP contribution in [0.1, 0.15) is 25.3 Å². The minimum Gasteiger partial charge on any atom is -0.493 e. The highest BCUT2D eigenvalue weighted by molar-refractivity contribution is 7.87. The highest BCUT2D eigenvalue weighted by atomic mass is 35.5. The summed E-state index contributed by atoms with van der Waals surface area (Å²) in [4.78, 5) is 2.02. The van der Waals surface area contributed by atoms with Crippen LogP contribution in [-0.4, -0.2) is 39.4 Å². The Labute approximate surface area is 182 Å². The molecule has 162 valence electrons. The van der Waals surface area contributed by atoms with Crippen LogP contribution in [-0.2, 0) is 16.5 Å². The lowest BCUT2D eigenvalue weighted by molar-refractivity contribution is 0.183. The van der Waals surface area contributed by atoms with Crippen LogP contribution in [0.5, 0.6) is 11.5 Å². The molecule has 1 heterocycles. The third-order valence-corrected chi connectivity index (χ3v) is 6.77. The summed E-state index contributed by atoms with van der Waals surface area (Å²) in [6.45, 7) is 4.31. The van der Waals surface area contributed by atoms with Crippen molar-refractivity contribution in [2.24, 2.45) is 16.9 Å². The molecule has 0 unspecified atom stereocenters. The van der Waals surface area contributed by atoms with Crippen molar-refractivity contribution in [1.29, 1.82) is 0 Å². The van der Waals surface area contributed by atoms with Crippen molar-refractivity contribution in [1.82, 2.24) is 4.90 Å². The Morgan fingerprint density at radius 1 is 1.20 bits per heavy atom. The SMILES string of the molecule is CCc1cc(OCC2CCN(C=NN)CC2)cc(OS(=O)(=O)c2ccccc2Cl)c1. The Kier molecular flexibility index (Phi) is 7.44. The van der Waals surface area contributed by atoms with E-state index in [0.29, 0.717) is 18.3 Å². The predicted octanol–water partition coefficient (Wildman–Crippen LogP) is 3.66. The molecular formula is C21H26ClN3O4S. The second kappa shape index (κ2) is 10.0. The lowest BCUT2D eigenvalue weighted by Crippen LogP contribution is -2.34. The van der Waals surface area contributed by atoms with Crippen molar-refractivity contribution >= 4 is 28.1 Å². The molecule has 0 atom stereocenters. The summed E-state index contributed by atoms with van der Waals surface area (Å²) in [5, 5.41) is 3.68. The zero-order valence-corrected chi connectivity index (χ0v) is 18.4. The number of ether oxygens (including phenoxy) is 1. The summed E-state index contributed by atoms with van der Waals surface area (Å²) in [7, 11) is -4.05. The number of hydrogen-bond donors (Lipinski definition) is 1. The molecule has 0 amide bonds. The number of nitrogens with two attached hydrogens (primary N) is 1. The van der Waals surface area contributed by atoms with Crippen LogP contribution in [0.25, 0.3) is 0 Å². The molecule has 2 N–H and O–H groups in total. The summed E-state index contributed by atoms with van der Waals surface area (Å²) in [5.74, 6) is 6.41. The topological polar surface area (TPSA) is 94.2 Å². The molecule has 0 radical (unpaired) electrons. The first-order valence-corrected chi connectivity index (χ1v) is 11.6. The Balaban J connectivity index is 1.69. The lowest BCUT2D eigenvalue weighted by Gasteiger charge is -2.30. The fraction of sp³-hybridized carbons (Fsp3) is 0.381. The number of rotatable bonds is 8. The van der Waals surface area contributed by atoms with E-state index in [-0.39, 0.29) is 15.7 Å². The summed E-state index contributed by atoms with van der Waals surface area (Å²) >= 11 is 6.03. The van der Waals surface area contributed by atoms with E-state index in [1.165, 1.54) is 12.1 Å². The number of hydrogen-bond acceptors (Lipinski definition) is 6. The molecule has 1 saturated heterocycles. The van der Waals surface area contributed by atoms with E-state index in [2.05, 4.69) is 10.0 Å². The van der Waals surface area contributed by atoms with E-state index >= 15 is 0 Å². The van der Waals surface area contributed by atoms with Gasteiger partial charge in [-0.25, -0.2) is 0 Å². The van der Waals surface area contributed by atoms with E-state index < -0.39 is 10.1 Å². The maximum absolute atomic E-state index is 12.7. The second-order valence-corrected chi connectivity index (χ2v) is 9.11. The number of hydrazone groups is 1. The van der Waals surface area contributed by atoms with Gasteiger partial charge in [-0.3, -0.25) is 0 Å². The predicted molar refractivity (Wildman–Crippen MR) is 118 cm³/mol. The second-order valence-electron chi connectivity index (χ2n) is 7.19. The Hall–Kier alpha value is -2.45. The first-order valence-electron chi connectivity index (χ1n) is 9.84. The highest BCUT2D eigenvalue weighted by Gasteiger charge is 2.21. The van der Waals surface area contributed by atoms with Gasteiger partial charge in [0.15, 0.2) is 0 Å². The monoisotopic (exact) mass is 451 g/mol. The van der Waals surface area contributed by atoms with Crippen molar-refractivity contribution in [3.8, 4) is 11.5 Å². The molecule has 2 aromatic rings. The van der Waals surface area contributed by atoms with Crippen LogP contribution in [0.3, 0.4) is 0 Å². The van der Waals surface area contributed by atoms with Crippen LogP contribution in [0, 0.1) is 5.92 Å². The summed E-state index contributed by atoms with van der Waals surface area (Å²) < 4.78 is 36.7. The Morgan fingerprint density at radius 3 is 2.57 bits per heavy atom. The van der Waals surface area contributed by atoms with Crippen LogP contribution in [0.4, 0.5) is 0 Å². The molecule has 1 fully saturated rings. The van der Waals surface area contributed by atoms with Gasteiger partial charge in [0, 0.05) is 19.2 Å². The molecule has 9 heteroatoms. The third kappa shape index (κ3) is 5.79. The Morgan fingerprint density at radius 2 is 1.90 bits per heavy atom. The molecule has 2 aromatic carbocycles. The normalized spacial score (nSPS) is 15.5. The fourth-order valence-corrected chi connectivity index (χ4v) is 4.74. The number of benzene rings is 2. The number of aryl methyl sites for hydroxylation is 1. The van der Waals surface area contributed by atoms with Crippen molar-refractivity contribution < 1.29 is 17.3 Å². The van der Waals surface area contributed by atoms with Crippen LogP contribution in [0.2, 0.25) is 5.02 Å². The van der Waals surface area contributed by atoms with Gasteiger partial charge in [0.25, 0.3) is 0 Å². The van der Waals surface area contributed by atoms with Gasteiger partial charge in [0.1, 0.15) is 22.7 Å². The van der Waals surface area contributed by atoms with Crippen LogP contribution >= 0.6 is 11.6 Å². The molecule has 0 aromatic heterocycles. The van der Waals surface area contributed by atoms with Gasteiger partial charge in [-0.15, -0.1) is 0 Å². The van der Waals surface area contributed by atoms with E-state index in [9.17, 15) is 8.42 Å². The zero-order chi connectivity index (χ0) is 21.6. The van der Waals surface area contributed by atoms with Crippen molar-refractivity contribution in [2.75, 3.05) is 19.7 Å². The number of nitrogens with zero attached hydrogens (tertiary/aromatic N) is 2. The lowest BCUT2D eigenvalue weighted by atomic mass is 9.98. The number of halogens is 1. The molecule has 0 bridgehead atoms. The van der Waals surface area contributed by atoms with Crippen molar-refractivity contribution in [3.63, 3.8) is 0 Å². The van der Waals surface area contributed by atoms with E-state index in [0.717, 1.165) is 37.9 Å². The first-order chi connectivity index (χ1) is 14.4. The van der Waals surface area contributed by atoms with Gasteiger partial charge in [0.2, 0.25) is 0 Å². The van der Waals surface area contributed by atoms with E-state index in [4.69, 9.17) is 26.4 Å². The van der Waals surface area contributed by atoms with Gasteiger partial charge >= 0.3 is 10.1 Å². The summed E-state index contributed by atoms with van der Waals surface area (Å²) in [6.07, 6.45) is 4.33. The minimum absolute atomic E-state index is 0.0659. The van der Waals surface area contributed by atoms with Crippen LogP contribution < -0.4 is 14.8 Å². The van der Waals surface area contributed by atoms with Gasteiger partial charge in [-0.1, -0.05) is 30.7 Å². The third-order valence-electron chi connectivity index (χ3n) is 5.02. The molecular weight excluding hydrogens is 426 g/mol. The van der Waals surface area contributed by atoms with Gasteiger partial charge in [0.05, 0.1) is 11.6 Å². The first kappa shape index (κ1) is 22.2. The van der Waals surface area contributed by atoms with Crippen molar-refractivity contribution in [3.05, 3.63) is 53.1 Å². The smallest absolute Gasteiger partial charge is 0.340 e. The average molecular weight is 452 g/mol. The van der Waals surface area contributed by atoms with Gasteiger partial charge in [-0.2, -0.15) is 13.5 Å². The van der Waals surface area contributed by atoms with Gasteiger partial charge in [-0.05, 0) is 55.0 Å². The van der Waals surface area contributed by atoms with Crippen molar-refractivity contribution in [2.45, 2.75) is 31.1 Å². The molecule has 1 aliphatic heterocycles. The summed E-state index contributed by atoms with van der Waals surface area (Å²) in [6, 6.07) is 11.4. The molecule has 0 saturated carbocycles. The highest BCUT2D eigenvalue weighted by Crippen LogP contribution is 2.29. The summed E-state index contributed by atoms with van der Waals surface area (Å²) in [5.41, 5.74) is 0.922. The molecule has 1 aliphatic rings.